The molecule has 0 spiro atoms. The summed E-state index contributed by atoms with van der Waals surface area (Å²) in [5.74, 6) is -2.52. The number of carbonyl (C=O) groups excluding carboxylic acids is 2. The van der Waals surface area contributed by atoms with Crippen LogP contribution in [-0.2, 0) is 16.6 Å². The lowest BCUT2D eigenvalue weighted by Crippen LogP contribution is -2.44. The minimum atomic E-state index is -1.66. The zero-order valence-corrected chi connectivity index (χ0v) is 27.9. The second kappa shape index (κ2) is 12.7. The van der Waals surface area contributed by atoms with Gasteiger partial charge >= 0.3 is 0 Å². The van der Waals surface area contributed by atoms with Crippen molar-refractivity contribution in [2.45, 2.75) is 84.7 Å². The van der Waals surface area contributed by atoms with Crippen molar-refractivity contribution in [3.63, 3.8) is 0 Å². The molecule has 1 aliphatic rings. The first-order valence-electron chi connectivity index (χ1n) is 15.1. The molecule has 8 heteroatoms. The fraction of sp³-hybridized carbons (Fsp3) is 0.432. The van der Waals surface area contributed by atoms with Gasteiger partial charge in [0, 0.05) is 40.5 Å². The summed E-state index contributed by atoms with van der Waals surface area (Å²) in [5.41, 5.74) is -0.803. The van der Waals surface area contributed by atoms with Crippen molar-refractivity contribution in [3.05, 3.63) is 99.1 Å². The Labute approximate surface area is 269 Å². The van der Waals surface area contributed by atoms with Crippen LogP contribution in [0.5, 0.6) is 5.75 Å². The van der Waals surface area contributed by atoms with Gasteiger partial charge in [0.25, 0.3) is 0 Å². The summed E-state index contributed by atoms with van der Waals surface area (Å²) in [6.07, 6.45) is 0.257. The van der Waals surface area contributed by atoms with Gasteiger partial charge in [-0.2, -0.15) is 5.26 Å². The van der Waals surface area contributed by atoms with E-state index in [4.69, 9.17) is 16.3 Å². The highest BCUT2D eigenvalue weighted by Crippen LogP contribution is 2.53. The van der Waals surface area contributed by atoms with Crippen LogP contribution in [0.4, 0.5) is 8.78 Å². The Kier molecular flexibility index (Phi) is 9.64. The molecule has 238 valence electrons. The molecule has 45 heavy (non-hydrogen) atoms. The number of Topliss-reactive ketones (excluding diaryl/α,β-unsaturated/α-hetero) is 2. The van der Waals surface area contributed by atoms with Crippen LogP contribution in [0.25, 0.3) is 0 Å². The Balaban J connectivity index is 1.91. The average Bonchev–Trinajstić information content (AvgIpc) is 3.26. The number of nitrogens with one attached hydrogen (secondary N) is 1. The third-order valence-corrected chi connectivity index (χ3v) is 8.88. The molecule has 0 radical (unpaired) electrons. The van der Waals surface area contributed by atoms with E-state index in [0.29, 0.717) is 28.9 Å². The van der Waals surface area contributed by atoms with Gasteiger partial charge in [-0.05, 0) is 48.1 Å². The van der Waals surface area contributed by atoms with E-state index in [2.05, 4.69) is 11.4 Å². The summed E-state index contributed by atoms with van der Waals surface area (Å²) in [6.45, 7) is 13.2. The third-order valence-electron chi connectivity index (χ3n) is 8.58. The zero-order chi connectivity index (χ0) is 33.5. The third kappa shape index (κ3) is 6.68. The van der Waals surface area contributed by atoms with Crippen molar-refractivity contribution >= 4 is 23.2 Å². The lowest BCUT2D eigenvalue weighted by molar-refractivity contribution is -0.120. The lowest BCUT2D eigenvalue weighted by Gasteiger charge is -2.37. The molecule has 5 nitrogen and oxygen atoms in total. The van der Waals surface area contributed by atoms with E-state index in [-0.39, 0.29) is 39.6 Å². The smallest absolute Gasteiger partial charge is 0.168 e. The van der Waals surface area contributed by atoms with Crippen LogP contribution in [0, 0.1) is 40.7 Å². The number of hydrogen-bond acceptors (Lipinski definition) is 5. The zero-order valence-electron chi connectivity index (χ0n) is 27.1. The van der Waals surface area contributed by atoms with E-state index in [1.807, 2.05) is 41.5 Å². The molecule has 3 aromatic rings. The minimum Gasteiger partial charge on any atom is -0.496 e. The quantitative estimate of drug-likeness (QED) is 0.252. The van der Waals surface area contributed by atoms with Gasteiger partial charge in [0.05, 0.1) is 24.2 Å². The molecular weight excluding hydrogens is 594 g/mol. The number of ether oxygens (including phenoxy) is 1. The molecular formula is C37H41ClF2N2O3. The van der Waals surface area contributed by atoms with Crippen molar-refractivity contribution in [2.24, 2.45) is 10.8 Å². The molecule has 3 aromatic carbocycles. The number of ketones is 2. The van der Waals surface area contributed by atoms with Crippen molar-refractivity contribution in [1.82, 2.24) is 5.32 Å². The molecule has 0 unspecified atom stereocenters. The van der Waals surface area contributed by atoms with Crippen LogP contribution in [-0.4, -0.2) is 30.8 Å². The van der Waals surface area contributed by atoms with E-state index in [9.17, 15) is 14.9 Å². The van der Waals surface area contributed by atoms with E-state index < -0.39 is 40.5 Å². The van der Waals surface area contributed by atoms with E-state index in [1.54, 1.807) is 43.3 Å². The fourth-order valence-corrected chi connectivity index (χ4v) is 6.68. The Morgan fingerprint density at radius 1 is 1.04 bits per heavy atom. The average molecular weight is 635 g/mol. The molecule has 1 heterocycles. The second-order valence-electron chi connectivity index (χ2n) is 14.3. The van der Waals surface area contributed by atoms with Gasteiger partial charge in [0.1, 0.15) is 22.8 Å². The largest absolute Gasteiger partial charge is 0.496 e. The number of carbonyl (C=O) groups is 2. The second-order valence-corrected chi connectivity index (χ2v) is 14.7. The number of benzene rings is 3. The number of nitriles is 1. The molecule has 4 atom stereocenters. The highest BCUT2D eigenvalue weighted by Gasteiger charge is 2.60. The summed E-state index contributed by atoms with van der Waals surface area (Å²) in [6, 6.07) is 14.7. The van der Waals surface area contributed by atoms with Crippen molar-refractivity contribution < 1.29 is 23.1 Å². The summed E-state index contributed by atoms with van der Waals surface area (Å²) in [4.78, 5) is 27.3. The number of aryl methyl sites for hydroxylation is 1. The van der Waals surface area contributed by atoms with Crippen molar-refractivity contribution in [3.8, 4) is 11.8 Å². The SMILES string of the molecule is COc1cc(C(=O)C(C)(C)C)ccc1CC(=O)[C@@H]1N[C@@H](CC(C)(C)C)[C@](C#N)(c2ccc(C)cc2F)[C@H]1c1cccc(Cl)c1F. The maximum atomic E-state index is 16.0. The molecule has 1 fully saturated rings. The van der Waals surface area contributed by atoms with E-state index >= 15 is 8.78 Å². The van der Waals surface area contributed by atoms with Crippen LogP contribution in [0.1, 0.15) is 86.5 Å². The summed E-state index contributed by atoms with van der Waals surface area (Å²) in [7, 11) is 1.47. The molecule has 0 bridgehead atoms. The predicted molar refractivity (Wildman–Crippen MR) is 173 cm³/mol. The molecule has 0 amide bonds. The number of hydrogen-bond donors (Lipinski definition) is 1. The molecule has 0 saturated carbocycles. The molecule has 1 N–H and O–H groups in total. The monoisotopic (exact) mass is 634 g/mol. The Morgan fingerprint density at radius 3 is 2.31 bits per heavy atom. The van der Waals surface area contributed by atoms with Crippen LogP contribution >= 0.6 is 11.6 Å². The normalized spacial score (nSPS) is 21.8. The maximum absolute atomic E-state index is 16.0. The summed E-state index contributed by atoms with van der Waals surface area (Å²) in [5, 5.41) is 14.3. The van der Waals surface area contributed by atoms with Gasteiger partial charge in [0.15, 0.2) is 11.6 Å². The van der Waals surface area contributed by atoms with Crippen molar-refractivity contribution in [2.75, 3.05) is 7.11 Å². The van der Waals surface area contributed by atoms with E-state index in [1.165, 1.54) is 25.3 Å². The minimum absolute atomic E-state index is 0.0596. The molecule has 4 rings (SSSR count). The summed E-state index contributed by atoms with van der Waals surface area (Å²) < 4.78 is 37.5. The number of rotatable bonds is 8. The molecule has 0 aromatic heterocycles. The van der Waals surface area contributed by atoms with Gasteiger partial charge < -0.3 is 10.1 Å². The Morgan fingerprint density at radius 2 is 1.73 bits per heavy atom. The standard InChI is InChI=1S/C37H41ClF2N2O3/c1-21-12-15-25(27(39)16-21)37(20-41)30(19-35(2,3)4)42-33(31(37)24-10-9-11-26(38)32(24)40)28(43)17-22-13-14-23(18-29(22)45-8)34(44)36(5,6)7/h9-16,18,30-31,33,42H,17,19H2,1-8H3/t30-,31-,33-,37-/m0/s1. The van der Waals surface area contributed by atoms with Gasteiger partial charge in [0.2, 0.25) is 0 Å². The first-order valence-corrected chi connectivity index (χ1v) is 15.4. The highest BCUT2D eigenvalue weighted by molar-refractivity contribution is 6.30. The maximum Gasteiger partial charge on any atom is 0.168 e. The van der Waals surface area contributed by atoms with Crippen LogP contribution in [0.3, 0.4) is 0 Å². The molecule has 0 aliphatic carbocycles. The number of methoxy groups -OCH3 is 1. The number of halogens is 3. The van der Waals surface area contributed by atoms with Gasteiger partial charge in [-0.1, -0.05) is 89.5 Å². The van der Waals surface area contributed by atoms with Crippen LogP contribution < -0.4 is 10.1 Å². The Bertz CT molecular complexity index is 1670. The van der Waals surface area contributed by atoms with Gasteiger partial charge in [-0.3, -0.25) is 9.59 Å². The highest BCUT2D eigenvalue weighted by atomic mass is 35.5. The van der Waals surface area contributed by atoms with Gasteiger partial charge in [-0.25, -0.2) is 8.78 Å². The van der Waals surface area contributed by atoms with Gasteiger partial charge in [-0.15, -0.1) is 0 Å². The summed E-state index contributed by atoms with van der Waals surface area (Å²) >= 11 is 6.26. The molecule has 1 saturated heterocycles. The predicted octanol–water partition coefficient (Wildman–Crippen LogP) is 8.30. The topological polar surface area (TPSA) is 79.2 Å². The Hall–Kier alpha value is -3.60. The fourth-order valence-electron chi connectivity index (χ4n) is 6.50. The van der Waals surface area contributed by atoms with Crippen LogP contribution in [0.2, 0.25) is 5.02 Å². The lowest BCUT2D eigenvalue weighted by atomic mass is 9.62. The van der Waals surface area contributed by atoms with E-state index in [0.717, 1.165) is 0 Å². The molecule has 1 aliphatic heterocycles. The first-order chi connectivity index (χ1) is 20.9. The first kappa shape index (κ1) is 34.3. The number of nitrogens with zero attached hydrogens (tertiary/aromatic N) is 1. The van der Waals surface area contributed by atoms with Crippen molar-refractivity contribution in [1.29, 1.82) is 5.26 Å². The van der Waals surface area contributed by atoms with Crippen LogP contribution in [0.15, 0.2) is 54.6 Å².